The van der Waals surface area contributed by atoms with Crippen LogP contribution in [0.15, 0.2) is 66.7 Å². The van der Waals surface area contributed by atoms with E-state index in [2.05, 4.69) is 6.92 Å². The molecule has 3 rings (SSSR count). The lowest BCUT2D eigenvalue weighted by Crippen LogP contribution is -2.04. The number of carbonyl (C=O) groups is 1. The van der Waals surface area contributed by atoms with E-state index in [1.54, 1.807) is 7.11 Å². The molecule has 5 heteroatoms. The van der Waals surface area contributed by atoms with Crippen molar-refractivity contribution in [2.75, 3.05) is 13.7 Å². The summed E-state index contributed by atoms with van der Waals surface area (Å²) < 4.78 is 17.7. The van der Waals surface area contributed by atoms with E-state index >= 15 is 0 Å². The van der Waals surface area contributed by atoms with Crippen molar-refractivity contribution in [3.8, 4) is 28.4 Å². The summed E-state index contributed by atoms with van der Waals surface area (Å²) in [6.45, 7) is 5.07. The highest BCUT2D eigenvalue weighted by atomic mass is 16.5. The number of hydrogen-bond acceptors (Lipinski definition) is 4. The summed E-state index contributed by atoms with van der Waals surface area (Å²) >= 11 is 0. The number of benzene rings is 3. The van der Waals surface area contributed by atoms with Gasteiger partial charge in [0.15, 0.2) is 0 Å². The van der Waals surface area contributed by atoms with E-state index in [0.717, 1.165) is 46.6 Å². The zero-order chi connectivity index (χ0) is 23.6. The van der Waals surface area contributed by atoms with Gasteiger partial charge in [-0.1, -0.05) is 62.7 Å². The van der Waals surface area contributed by atoms with Crippen LogP contribution in [-0.2, 0) is 11.4 Å². The molecule has 0 saturated heterocycles. The molecule has 0 aliphatic rings. The zero-order valence-electron chi connectivity index (χ0n) is 19.5. The van der Waals surface area contributed by atoms with E-state index in [9.17, 15) is 4.79 Å². The van der Waals surface area contributed by atoms with Crippen molar-refractivity contribution in [1.82, 2.24) is 0 Å². The molecule has 0 amide bonds. The molecular formula is C28H32O5. The molecule has 0 saturated carbocycles. The number of unbranched alkanes of at least 4 members (excludes halogenated alkanes) is 1. The third-order valence-corrected chi connectivity index (χ3v) is 5.51. The molecule has 0 aliphatic heterocycles. The lowest BCUT2D eigenvalue weighted by molar-refractivity contribution is -0.137. The number of ether oxygens (including phenoxy) is 3. The minimum atomic E-state index is -0.806. The van der Waals surface area contributed by atoms with Gasteiger partial charge in [-0.25, -0.2) is 0 Å². The van der Waals surface area contributed by atoms with Crippen molar-refractivity contribution in [1.29, 1.82) is 0 Å². The fourth-order valence-electron chi connectivity index (χ4n) is 3.65. The molecular weight excluding hydrogens is 416 g/mol. The maximum absolute atomic E-state index is 11.0. The Morgan fingerprint density at radius 3 is 2.48 bits per heavy atom. The van der Waals surface area contributed by atoms with Crippen molar-refractivity contribution in [2.45, 2.75) is 45.6 Å². The summed E-state index contributed by atoms with van der Waals surface area (Å²) in [7, 11) is 1.67. The molecule has 0 aliphatic carbocycles. The molecule has 0 aromatic heterocycles. The van der Waals surface area contributed by atoms with Crippen LogP contribution < -0.4 is 14.2 Å². The number of aliphatic carboxylic acids is 1. The average Bonchev–Trinajstić information content (AvgIpc) is 2.83. The lowest BCUT2D eigenvalue weighted by Gasteiger charge is -2.16. The minimum Gasteiger partial charge on any atom is -0.496 e. The van der Waals surface area contributed by atoms with Gasteiger partial charge >= 0.3 is 5.97 Å². The fourth-order valence-corrected chi connectivity index (χ4v) is 3.65. The molecule has 0 heterocycles. The Balaban J connectivity index is 1.80. The smallest absolute Gasteiger partial charge is 0.303 e. The molecule has 0 unspecified atom stereocenters. The third-order valence-electron chi connectivity index (χ3n) is 5.51. The second-order valence-electron chi connectivity index (χ2n) is 8.09. The van der Waals surface area contributed by atoms with E-state index in [0.29, 0.717) is 19.0 Å². The second kappa shape index (κ2) is 12.0. The van der Waals surface area contributed by atoms with E-state index in [1.165, 1.54) is 0 Å². The van der Waals surface area contributed by atoms with Gasteiger partial charge in [-0.2, -0.15) is 0 Å². The van der Waals surface area contributed by atoms with Crippen molar-refractivity contribution in [2.24, 2.45) is 0 Å². The van der Waals surface area contributed by atoms with Crippen LogP contribution in [0, 0.1) is 0 Å². The predicted octanol–water partition coefficient (Wildman–Crippen LogP) is 6.70. The van der Waals surface area contributed by atoms with Crippen molar-refractivity contribution in [3.05, 3.63) is 77.9 Å². The van der Waals surface area contributed by atoms with Crippen LogP contribution in [0.1, 0.15) is 50.2 Å². The lowest BCUT2D eigenvalue weighted by atomic mass is 9.98. The van der Waals surface area contributed by atoms with E-state index in [4.69, 9.17) is 19.3 Å². The molecule has 0 bridgehead atoms. The number of carboxylic acid groups (broad SMARTS) is 1. The summed E-state index contributed by atoms with van der Waals surface area (Å²) in [6.07, 6.45) is 2.13. The summed E-state index contributed by atoms with van der Waals surface area (Å²) in [6, 6.07) is 21.6. The van der Waals surface area contributed by atoms with Gasteiger partial charge in [-0.3, -0.25) is 4.79 Å². The summed E-state index contributed by atoms with van der Waals surface area (Å²) in [5.41, 5.74) is 3.91. The van der Waals surface area contributed by atoms with Crippen LogP contribution in [0.5, 0.6) is 17.2 Å². The van der Waals surface area contributed by atoms with Crippen LogP contribution in [0.2, 0.25) is 0 Å². The normalized spacial score (nSPS) is 11.6. The molecule has 3 aromatic carbocycles. The van der Waals surface area contributed by atoms with Gasteiger partial charge in [0.25, 0.3) is 0 Å². The Kier molecular flexibility index (Phi) is 8.76. The standard InChI is InChI=1S/C28H32O5/c1-4-5-15-32-27-17-21(13-14-25(27)24-11-6-7-12-26(24)31-3)19-33-23-10-8-9-22(18-23)20(2)16-28(29)30/h6-14,17-18,20H,4-5,15-16,19H2,1-3H3,(H,29,30)/t20-/m0/s1. The molecule has 33 heavy (non-hydrogen) atoms. The number of carboxylic acids is 1. The van der Waals surface area contributed by atoms with Gasteiger partial charge in [0.1, 0.15) is 23.9 Å². The Bertz CT molecular complexity index is 1060. The molecule has 0 spiro atoms. The predicted molar refractivity (Wildman–Crippen MR) is 130 cm³/mol. The number of methoxy groups -OCH3 is 1. The van der Waals surface area contributed by atoms with Gasteiger partial charge in [-0.05, 0) is 47.7 Å². The van der Waals surface area contributed by atoms with Crippen LogP contribution in [0.3, 0.4) is 0 Å². The quantitative estimate of drug-likeness (QED) is 0.312. The maximum atomic E-state index is 11.0. The third kappa shape index (κ3) is 6.75. The first kappa shape index (κ1) is 24.2. The first-order valence-electron chi connectivity index (χ1n) is 11.4. The van der Waals surface area contributed by atoms with E-state index < -0.39 is 5.97 Å². The van der Waals surface area contributed by atoms with Crippen LogP contribution in [0.4, 0.5) is 0 Å². The van der Waals surface area contributed by atoms with Gasteiger partial charge in [0.2, 0.25) is 0 Å². The highest BCUT2D eigenvalue weighted by Gasteiger charge is 2.14. The average molecular weight is 449 g/mol. The molecule has 174 valence electrons. The largest absolute Gasteiger partial charge is 0.496 e. The van der Waals surface area contributed by atoms with Crippen molar-refractivity contribution >= 4 is 5.97 Å². The topological polar surface area (TPSA) is 65.0 Å². The summed E-state index contributed by atoms with van der Waals surface area (Å²) in [4.78, 5) is 11.0. The molecule has 5 nitrogen and oxygen atoms in total. The highest BCUT2D eigenvalue weighted by Crippen LogP contribution is 2.37. The molecule has 3 aromatic rings. The van der Waals surface area contributed by atoms with Crippen LogP contribution in [0.25, 0.3) is 11.1 Å². The van der Waals surface area contributed by atoms with Gasteiger partial charge in [0.05, 0.1) is 20.1 Å². The Labute approximate surface area is 195 Å². The van der Waals surface area contributed by atoms with Gasteiger partial charge in [-0.15, -0.1) is 0 Å². The van der Waals surface area contributed by atoms with Crippen LogP contribution in [-0.4, -0.2) is 24.8 Å². The van der Waals surface area contributed by atoms with E-state index in [1.807, 2.05) is 73.7 Å². The van der Waals surface area contributed by atoms with Crippen LogP contribution >= 0.6 is 0 Å². The summed E-state index contributed by atoms with van der Waals surface area (Å²) in [5.74, 6) is 1.43. The second-order valence-corrected chi connectivity index (χ2v) is 8.09. The zero-order valence-corrected chi connectivity index (χ0v) is 19.5. The van der Waals surface area contributed by atoms with Gasteiger partial charge < -0.3 is 19.3 Å². The van der Waals surface area contributed by atoms with E-state index in [-0.39, 0.29) is 12.3 Å². The number of rotatable bonds is 12. The molecule has 1 N–H and O–H groups in total. The number of hydrogen-bond donors (Lipinski definition) is 1. The fraction of sp³-hybridized carbons (Fsp3) is 0.321. The minimum absolute atomic E-state index is 0.0789. The first-order valence-corrected chi connectivity index (χ1v) is 11.4. The molecule has 1 atom stereocenters. The Morgan fingerprint density at radius 2 is 1.73 bits per heavy atom. The number of para-hydroxylation sites is 1. The molecule has 0 radical (unpaired) electrons. The highest BCUT2D eigenvalue weighted by molar-refractivity contribution is 5.76. The Hall–Kier alpha value is -3.47. The molecule has 0 fully saturated rings. The van der Waals surface area contributed by atoms with Crippen molar-refractivity contribution in [3.63, 3.8) is 0 Å². The summed E-state index contributed by atoms with van der Waals surface area (Å²) in [5, 5.41) is 9.06. The SMILES string of the molecule is CCCCOc1cc(COc2cccc([C@@H](C)CC(=O)O)c2)ccc1-c1ccccc1OC. The monoisotopic (exact) mass is 448 g/mol. The van der Waals surface area contributed by atoms with Crippen molar-refractivity contribution < 1.29 is 24.1 Å². The van der Waals surface area contributed by atoms with Gasteiger partial charge in [0, 0.05) is 11.1 Å². The first-order chi connectivity index (χ1) is 16.0. The Morgan fingerprint density at radius 1 is 0.939 bits per heavy atom. The maximum Gasteiger partial charge on any atom is 0.303 e.